The third-order valence-corrected chi connectivity index (χ3v) is 12.6. The number of benzene rings is 6. The molecule has 0 amide bonds. The summed E-state index contributed by atoms with van der Waals surface area (Å²) in [6, 6.07) is 61.6. The molecule has 296 valence electrons. The van der Waals surface area contributed by atoms with E-state index in [1.165, 1.54) is 55.6 Å². The number of fused-ring (bicyclic) bond motifs is 6. The molecule has 0 unspecified atom stereocenters. The summed E-state index contributed by atoms with van der Waals surface area (Å²) in [5.41, 5.74) is 15.6. The zero-order chi connectivity index (χ0) is 40.0. The Hall–Kier alpha value is -5.50. The molecule has 0 saturated heterocycles. The van der Waals surface area contributed by atoms with E-state index in [0.29, 0.717) is 0 Å². The van der Waals surface area contributed by atoms with Crippen molar-refractivity contribution < 1.29 is 21.1 Å². The van der Waals surface area contributed by atoms with Crippen LogP contribution in [-0.4, -0.2) is 16.9 Å². The average Bonchev–Trinajstić information content (AvgIpc) is 3.90. The van der Waals surface area contributed by atoms with E-state index in [1.54, 1.807) is 0 Å². The molecule has 0 radical (unpaired) electrons. The van der Waals surface area contributed by atoms with Crippen molar-refractivity contribution in [2.24, 2.45) is 0 Å². The Labute approximate surface area is 364 Å². The molecule has 2 heterocycles. The largest absolute Gasteiger partial charge is 0.510 e. The minimum absolute atomic E-state index is 0. The maximum atomic E-state index is 6.15. The molecule has 0 saturated carbocycles. The number of anilines is 1. The third-order valence-electron chi connectivity index (χ3n) is 12.6. The standard InChI is InChI=1S/C55H48N3.Pt/c1-52(2,3)38-31-40(33-41(32-38)58-30-29-57(7)36-58)55(48-27-17-13-23-44(48)45-24-14-18-28-49(45)55)51-35-39(53(4,5)6)34-50(56-51)54(37-19-9-8-10-20-37)46-25-15-11-21-42(46)43-22-12-16-26-47(43)54;/h8-19,21-32,34-36H,1-7H3;/q-3;. The topological polar surface area (TPSA) is 19.4 Å². The van der Waals surface area contributed by atoms with Crippen LogP contribution >= 0.6 is 0 Å². The Bertz CT molecular complexity index is 2680. The van der Waals surface area contributed by atoms with Crippen molar-refractivity contribution >= 4 is 5.69 Å². The van der Waals surface area contributed by atoms with Crippen LogP contribution in [0.1, 0.15) is 97.4 Å². The van der Waals surface area contributed by atoms with Crippen LogP contribution in [0.5, 0.6) is 0 Å². The fraction of sp³-hybridized carbons (Fsp3) is 0.200. The molecular formula is C55H48N3Pt-3. The molecule has 7 aromatic rings. The van der Waals surface area contributed by atoms with Crippen LogP contribution in [0, 0.1) is 18.8 Å². The fourth-order valence-electron chi connectivity index (χ4n) is 9.77. The molecule has 10 rings (SSSR count). The Kier molecular flexibility index (Phi) is 9.29. The van der Waals surface area contributed by atoms with E-state index in [1.807, 2.05) is 0 Å². The van der Waals surface area contributed by atoms with Crippen molar-refractivity contribution in [2.45, 2.75) is 63.2 Å². The van der Waals surface area contributed by atoms with Crippen LogP contribution < -0.4 is 4.90 Å². The van der Waals surface area contributed by atoms with Gasteiger partial charge in [-0.05, 0) is 92.5 Å². The van der Waals surface area contributed by atoms with Gasteiger partial charge in [0.05, 0.1) is 22.2 Å². The summed E-state index contributed by atoms with van der Waals surface area (Å²) in [5.74, 6) is 0. The second-order valence-electron chi connectivity index (χ2n) is 18.2. The number of hydrogen-bond acceptors (Lipinski definition) is 3. The summed E-state index contributed by atoms with van der Waals surface area (Å²) < 4.78 is 0. The van der Waals surface area contributed by atoms with Gasteiger partial charge in [-0.1, -0.05) is 139 Å². The van der Waals surface area contributed by atoms with Gasteiger partial charge in [0.15, 0.2) is 0 Å². The molecule has 6 aromatic carbocycles. The zero-order valence-electron chi connectivity index (χ0n) is 34.7. The van der Waals surface area contributed by atoms with Crippen molar-refractivity contribution in [3.05, 3.63) is 233 Å². The van der Waals surface area contributed by atoms with E-state index in [2.05, 4.69) is 235 Å². The number of hydrogen-bond donors (Lipinski definition) is 0. The van der Waals surface area contributed by atoms with Gasteiger partial charge >= 0.3 is 0 Å². The van der Waals surface area contributed by atoms with E-state index < -0.39 is 10.8 Å². The SMILES string of the molecule is CN1C=CN(c2[c-]c(C3(c4cc(C(C)(C)C)cc(C5(c6[c-]cccc6)c6ccccc6-c6ccccc65)n4)c4ccccc4-c4ccccc43)cc(C(C)(C)C)c2)[CH-]1.[Pt]. The monoisotopic (exact) mass is 945 g/mol. The van der Waals surface area contributed by atoms with Crippen LogP contribution in [0.4, 0.5) is 5.69 Å². The second-order valence-corrected chi connectivity index (χ2v) is 18.2. The van der Waals surface area contributed by atoms with E-state index in [-0.39, 0.29) is 31.9 Å². The Morgan fingerprint density at radius 3 is 1.39 bits per heavy atom. The van der Waals surface area contributed by atoms with Crippen LogP contribution in [-0.2, 0) is 42.7 Å². The van der Waals surface area contributed by atoms with E-state index in [4.69, 9.17) is 4.98 Å². The molecule has 4 heteroatoms. The quantitative estimate of drug-likeness (QED) is 0.160. The fourth-order valence-corrected chi connectivity index (χ4v) is 9.77. The first kappa shape index (κ1) is 39.0. The van der Waals surface area contributed by atoms with Gasteiger partial charge in [0.25, 0.3) is 0 Å². The maximum absolute atomic E-state index is 6.15. The van der Waals surface area contributed by atoms with Crippen molar-refractivity contribution in [2.75, 3.05) is 11.9 Å². The van der Waals surface area contributed by atoms with Crippen molar-refractivity contribution in [3.8, 4) is 22.3 Å². The Balaban J connectivity index is 0.00000449. The summed E-state index contributed by atoms with van der Waals surface area (Å²) in [5, 5.41) is 0. The van der Waals surface area contributed by atoms with Crippen LogP contribution in [0.2, 0.25) is 0 Å². The van der Waals surface area contributed by atoms with Gasteiger partial charge < -0.3 is 9.80 Å². The molecule has 0 fully saturated rings. The molecule has 3 aliphatic rings. The molecule has 0 bridgehead atoms. The number of nitrogens with zero attached hydrogens (tertiary/aromatic N) is 3. The van der Waals surface area contributed by atoms with Gasteiger partial charge in [-0.15, -0.1) is 22.9 Å². The minimum atomic E-state index is -0.798. The van der Waals surface area contributed by atoms with Gasteiger partial charge in [0, 0.05) is 21.1 Å². The first-order valence-electron chi connectivity index (χ1n) is 20.4. The average molecular weight is 946 g/mol. The first-order valence-corrected chi connectivity index (χ1v) is 20.4. The van der Waals surface area contributed by atoms with Gasteiger partial charge in [0.2, 0.25) is 0 Å². The smallest absolute Gasteiger partial charge is 0.0663 e. The van der Waals surface area contributed by atoms with Gasteiger partial charge in [-0.2, -0.15) is 54.7 Å². The summed E-state index contributed by atoms with van der Waals surface area (Å²) in [6.07, 6.45) is 4.21. The molecule has 3 nitrogen and oxygen atoms in total. The van der Waals surface area contributed by atoms with Crippen LogP contribution in [0.3, 0.4) is 0 Å². The third kappa shape index (κ3) is 5.83. The normalized spacial score (nSPS) is 15.6. The predicted molar refractivity (Wildman–Crippen MR) is 238 cm³/mol. The van der Waals surface area contributed by atoms with E-state index in [9.17, 15) is 0 Å². The second kappa shape index (κ2) is 14.1. The Morgan fingerprint density at radius 2 is 0.966 bits per heavy atom. The molecule has 0 atom stereocenters. The molecule has 0 N–H and O–H groups in total. The van der Waals surface area contributed by atoms with Crippen molar-refractivity contribution in [3.63, 3.8) is 0 Å². The summed E-state index contributed by atoms with van der Waals surface area (Å²) >= 11 is 0. The van der Waals surface area contributed by atoms with Gasteiger partial charge in [0.1, 0.15) is 0 Å². The molecule has 2 aliphatic carbocycles. The molecule has 1 aromatic heterocycles. The molecule has 59 heavy (non-hydrogen) atoms. The van der Waals surface area contributed by atoms with Crippen molar-refractivity contribution in [1.82, 2.24) is 9.88 Å². The zero-order valence-corrected chi connectivity index (χ0v) is 37.0. The molecular weight excluding hydrogens is 898 g/mol. The predicted octanol–water partition coefficient (Wildman–Crippen LogP) is 12.3. The minimum Gasteiger partial charge on any atom is -0.510 e. The summed E-state index contributed by atoms with van der Waals surface area (Å²) in [7, 11) is 2.07. The first-order chi connectivity index (χ1) is 27.9. The number of rotatable bonds is 5. The van der Waals surface area contributed by atoms with Crippen LogP contribution in [0.15, 0.2) is 158 Å². The number of aromatic nitrogens is 1. The molecule has 0 spiro atoms. The summed E-state index contributed by atoms with van der Waals surface area (Å²) in [4.78, 5) is 10.4. The van der Waals surface area contributed by atoms with Crippen LogP contribution in [0.25, 0.3) is 22.3 Å². The summed E-state index contributed by atoms with van der Waals surface area (Å²) in [6.45, 7) is 16.0. The van der Waals surface area contributed by atoms with Crippen molar-refractivity contribution in [1.29, 1.82) is 0 Å². The Morgan fingerprint density at radius 1 is 0.525 bits per heavy atom. The van der Waals surface area contributed by atoms with Gasteiger partial charge in [-0.3, -0.25) is 4.98 Å². The maximum Gasteiger partial charge on any atom is 0.0663 e. The van der Waals surface area contributed by atoms with E-state index >= 15 is 0 Å². The number of pyridine rings is 1. The van der Waals surface area contributed by atoms with Gasteiger partial charge in [-0.25, -0.2) is 0 Å². The molecule has 1 aliphatic heterocycles. The van der Waals surface area contributed by atoms with E-state index in [0.717, 1.165) is 28.2 Å².